The lowest BCUT2D eigenvalue weighted by Crippen LogP contribution is -2.43. The number of carbonyl (C=O) groups is 1. The smallest absolute Gasteiger partial charge is 0.253 e. The van der Waals surface area contributed by atoms with Crippen LogP contribution >= 0.6 is 11.6 Å². The van der Waals surface area contributed by atoms with Gasteiger partial charge in [-0.25, -0.2) is 0 Å². The Morgan fingerprint density at radius 3 is 2.94 bits per heavy atom. The molecule has 1 fully saturated rings. The molecule has 0 radical (unpaired) electrons. The first-order valence-corrected chi connectivity index (χ1v) is 6.48. The van der Waals surface area contributed by atoms with E-state index < -0.39 is 0 Å². The summed E-state index contributed by atoms with van der Waals surface area (Å²) in [5, 5.41) is 3.07. The lowest BCUT2D eigenvalue weighted by molar-refractivity contribution is 0.0927. The van der Waals surface area contributed by atoms with Gasteiger partial charge in [0.2, 0.25) is 0 Å². The van der Waals surface area contributed by atoms with Gasteiger partial charge in [0, 0.05) is 17.9 Å². The van der Waals surface area contributed by atoms with Crippen LogP contribution in [-0.2, 0) is 0 Å². The largest absolute Gasteiger partial charge is 0.348 e. The van der Waals surface area contributed by atoms with Crippen LogP contribution in [0.4, 0.5) is 0 Å². The lowest BCUT2D eigenvalue weighted by Gasteiger charge is -2.27. The van der Waals surface area contributed by atoms with Gasteiger partial charge in [-0.15, -0.1) is 11.6 Å². The Morgan fingerprint density at radius 2 is 2.24 bits per heavy atom. The zero-order valence-corrected chi connectivity index (χ0v) is 10.7. The van der Waals surface area contributed by atoms with Crippen molar-refractivity contribution in [3.8, 4) is 0 Å². The standard InChI is InChI=1S/C13H17ClN2O/c1-9-10(5-4-8-15-9)13(17)16-12-7-3-2-6-11(12)14/h4-5,8,11-12H,2-3,6-7H2,1H3,(H,16,17). The summed E-state index contributed by atoms with van der Waals surface area (Å²) in [5.74, 6) is -0.0619. The number of nitrogens with zero attached hydrogens (tertiary/aromatic N) is 1. The number of aryl methyl sites for hydroxylation is 1. The van der Waals surface area contributed by atoms with Gasteiger partial charge in [-0.1, -0.05) is 12.8 Å². The van der Waals surface area contributed by atoms with Crippen LogP contribution in [0.5, 0.6) is 0 Å². The first kappa shape index (κ1) is 12.4. The fraction of sp³-hybridized carbons (Fsp3) is 0.538. The maximum absolute atomic E-state index is 12.1. The van der Waals surface area contributed by atoms with Crippen molar-refractivity contribution in [2.75, 3.05) is 0 Å². The van der Waals surface area contributed by atoms with Crippen molar-refractivity contribution in [2.45, 2.75) is 44.0 Å². The molecule has 2 unspecified atom stereocenters. The molecule has 1 N–H and O–H groups in total. The van der Waals surface area contributed by atoms with Gasteiger partial charge in [-0.3, -0.25) is 9.78 Å². The third-order valence-electron chi connectivity index (χ3n) is 3.25. The minimum absolute atomic E-state index is 0.0599. The zero-order valence-electron chi connectivity index (χ0n) is 9.95. The average Bonchev–Trinajstić information content (AvgIpc) is 2.32. The number of alkyl halides is 1. The van der Waals surface area contributed by atoms with E-state index in [0.717, 1.165) is 31.4 Å². The Morgan fingerprint density at radius 1 is 1.47 bits per heavy atom. The fourth-order valence-electron chi connectivity index (χ4n) is 2.22. The number of rotatable bonds is 2. The molecule has 4 heteroatoms. The molecule has 92 valence electrons. The summed E-state index contributed by atoms with van der Waals surface area (Å²) < 4.78 is 0. The van der Waals surface area contributed by atoms with Crippen molar-refractivity contribution in [3.05, 3.63) is 29.6 Å². The van der Waals surface area contributed by atoms with Gasteiger partial charge in [0.15, 0.2) is 0 Å². The molecule has 0 aliphatic heterocycles. The maximum atomic E-state index is 12.1. The van der Waals surface area contributed by atoms with Crippen LogP contribution in [0.3, 0.4) is 0 Å². The van der Waals surface area contributed by atoms with Crippen LogP contribution in [-0.4, -0.2) is 22.3 Å². The highest BCUT2D eigenvalue weighted by atomic mass is 35.5. The molecular formula is C13H17ClN2O. The number of hydrogen-bond acceptors (Lipinski definition) is 2. The summed E-state index contributed by atoms with van der Waals surface area (Å²) in [6.07, 6.45) is 5.95. The van der Waals surface area contributed by atoms with E-state index in [2.05, 4.69) is 10.3 Å². The van der Waals surface area contributed by atoms with Crippen LogP contribution in [0.2, 0.25) is 0 Å². The van der Waals surface area contributed by atoms with Crippen LogP contribution < -0.4 is 5.32 Å². The molecule has 2 atom stereocenters. The van der Waals surface area contributed by atoms with Crippen molar-refractivity contribution >= 4 is 17.5 Å². The summed E-state index contributed by atoms with van der Waals surface area (Å²) in [4.78, 5) is 16.2. The number of nitrogens with one attached hydrogen (secondary N) is 1. The Balaban J connectivity index is 2.04. The van der Waals surface area contributed by atoms with E-state index in [0.29, 0.717) is 5.56 Å². The minimum Gasteiger partial charge on any atom is -0.348 e. The first-order valence-electron chi connectivity index (χ1n) is 6.05. The van der Waals surface area contributed by atoms with E-state index in [9.17, 15) is 4.79 Å². The number of amides is 1. The van der Waals surface area contributed by atoms with Crippen molar-refractivity contribution in [1.82, 2.24) is 10.3 Å². The molecule has 17 heavy (non-hydrogen) atoms. The van der Waals surface area contributed by atoms with Crippen molar-refractivity contribution < 1.29 is 4.79 Å². The number of pyridine rings is 1. The highest BCUT2D eigenvalue weighted by Crippen LogP contribution is 2.23. The van der Waals surface area contributed by atoms with Gasteiger partial charge in [-0.05, 0) is 31.9 Å². The van der Waals surface area contributed by atoms with Gasteiger partial charge >= 0.3 is 0 Å². The predicted octanol–water partition coefficient (Wildman–Crippen LogP) is 2.67. The van der Waals surface area contributed by atoms with Gasteiger partial charge in [0.05, 0.1) is 10.9 Å². The van der Waals surface area contributed by atoms with Crippen molar-refractivity contribution in [3.63, 3.8) is 0 Å². The Kier molecular flexibility index (Phi) is 4.00. The van der Waals surface area contributed by atoms with E-state index in [4.69, 9.17) is 11.6 Å². The minimum atomic E-state index is -0.0619. The highest BCUT2D eigenvalue weighted by molar-refractivity contribution is 6.21. The third-order valence-corrected chi connectivity index (χ3v) is 3.77. The Hall–Kier alpha value is -1.09. The monoisotopic (exact) mass is 252 g/mol. The summed E-state index contributed by atoms with van der Waals surface area (Å²) in [6, 6.07) is 3.67. The SMILES string of the molecule is Cc1ncccc1C(=O)NC1CCCCC1Cl. The quantitative estimate of drug-likeness (QED) is 0.823. The van der Waals surface area contributed by atoms with Crippen molar-refractivity contribution in [1.29, 1.82) is 0 Å². The molecule has 1 amide bonds. The summed E-state index contributed by atoms with van der Waals surface area (Å²) in [5.41, 5.74) is 1.40. The van der Waals surface area contributed by atoms with E-state index in [1.165, 1.54) is 0 Å². The third kappa shape index (κ3) is 2.97. The van der Waals surface area contributed by atoms with E-state index in [1.54, 1.807) is 18.3 Å². The summed E-state index contributed by atoms with van der Waals surface area (Å²) in [7, 11) is 0. The molecule has 1 saturated carbocycles. The molecule has 2 rings (SSSR count). The molecule has 0 aromatic carbocycles. The average molecular weight is 253 g/mol. The molecule has 1 aromatic heterocycles. The van der Waals surface area contributed by atoms with Gasteiger partial charge < -0.3 is 5.32 Å². The second kappa shape index (κ2) is 5.50. The topological polar surface area (TPSA) is 42.0 Å². The normalized spacial score (nSPS) is 24.4. The van der Waals surface area contributed by atoms with E-state index in [1.807, 2.05) is 6.92 Å². The highest BCUT2D eigenvalue weighted by Gasteiger charge is 2.25. The molecule has 1 aromatic rings. The van der Waals surface area contributed by atoms with Crippen LogP contribution in [0, 0.1) is 6.92 Å². The number of hydrogen-bond donors (Lipinski definition) is 1. The molecule has 0 bridgehead atoms. The van der Waals surface area contributed by atoms with E-state index >= 15 is 0 Å². The Bertz CT molecular complexity index is 408. The molecule has 1 aliphatic carbocycles. The van der Waals surface area contributed by atoms with Gasteiger partial charge in [0.1, 0.15) is 0 Å². The van der Waals surface area contributed by atoms with Crippen LogP contribution in [0.1, 0.15) is 41.7 Å². The summed E-state index contributed by atoms with van der Waals surface area (Å²) >= 11 is 6.22. The molecule has 0 spiro atoms. The van der Waals surface area contributed by atoms with E-state index in [-0.39, 0.29) is 17.3 Å². The fourth-order valence-corrected chi connectivity index (χ4v) is 2.56. The molecule has 1 heterocycles. The maximum Gasteiger partial charge on any atom is 0.253 e. The van der Waals surface area contributed by atoms with Gasteiger partial charge in [0.25, 0.3) is 5.91 Å². The number of aromatic nitrogens is 1. The van der Waals surface area contributed by atoms with Crippen LogP contribution in [0.25, 0.3) is 0 Å². The predicted molar refractivity (Wildman–Crippen MR) is 68.3 cm³/mol. The van der Waals surface area contributed by atoms with Crippen LogP contribution in [0.15, 0.2) is 18.3 Å². The second-order valence-electron chi connectivity index (χ2n) is 4.52. The lowest BCUT2D eigenvalue weighted by atomic mass is 9.94. The zero-order chi connectivity index (χ0) is 12.3. The van der Waals surface area contributed by atoms with Gasteiger partial charge in [-0.2, -0.15) is 0 Å². The Labute approximate surface area is 107 Å². The second-order valence-corrected chi connectivity index (χ2v) is 5.08. The number of halogens is 1. The first-order chi connectivity index (χ1) is 8.18. The molecular weight excluding hydrogens is 236 g/mol. The molecule has 0 saturated heterocycles. The molecule has 3 nitrogen and oxygen atoms in total. The summed E-state index contributed by atoms with van der Waals surface area (Å²) in [6.45, 7) is 1.84. The molecule has 1 aliphatic rings. The number of carbonyl (C=O) groups excluding carboxylic acids is 1. The van der Waals surface area contributed by atoms with Crippen molar-refractivity contribution in [2.24, 2.45) is 0 Å².